The van der Waals surface area contributed by atoms with Gasteiger partial charge in [0.1, 0.15) is 5.84 Å². The molecule has 0 fully saturated rings. The molecule has 0 saturated heterocycles. The van der Waals surface area contributed by atoms with Crippen LogP contribution in [0, 0.1) is 0 Å². The molecule has 0 radical (unpaired) electrons. The Morgan fingerprint density at radius 2 is 0.903 bits per heavy atom. The Kier molecular flexibility index (Phi) is 6.73. The molecule has 1 aliphatic rings. The lowest BCUT2D eigenvalue weighted by Gasteiger charge is -2.19. The number of fused-ring (bicyclic) bond motifs is 14. The summed E-state index contributed by atoms with van der Waals surface area (Å²) in [5, 5.41) is 13.1. The van der Waals surface area contributed by atoms with Gasteiger partial charge in [-0.15, -0.1) is 0 Å². The monoisotopic (exact) mass is 794 g/mol. The number of hydrogen-bond acceptors (Lipinski definition) is 4. The number of anilines is 1. The van der Waals surface area contributed by atoms with E-state index in [4.69, 9.17) is 15.0 Å². The number of aliphatic imine (C=N–C) groups is 1. The van der Waals surface area contributed by atoms with E-state index in [2.05, 4.69) is 206 Å². The van der Waals surface area contributed by atoms with Crippen LogP contribution < -0.4 is 5.32 Å². The van der Waals surface area contributed by atoms with E-state index in [1.165, 1.54) is 54.1 Å². The average Bonchev–Trinajstić information content (AvgIpc) is 4.06. The largest absolute Gasteiger partial charge is 0.360 e. The lowest BCUT2D eigenvalue weighted by molar-refractivity contribution is 1.01. The van der Waals surface area contributed by atoms with Crippen molar-refractivity contribution in [3.63, 3.8) is 0 Å². The summed E-state index contributed by atoms with van der Waals surface area (Å²) in [6.45, 7) is 0.477. The predicted octanol–water partition coefficient (Wildman–Crippen LogP) is 12.9. The zero-order chi connectivity index (χ0) is 40.5. The molecule has 13 aromatic rings. The second-order valence-corrected chi connectivity index (χ2v) is 16.1. The van der Waals surface area contributed by atoms with Crippen LogP contribution in [0.5, 0.6) is 0 Å². The van der Waals surface area contributed by atoms with Gasteiger partial charge in [0.25, 0.3) is 0 Å². The van der Waals surface area contributed by atoms with Gasteiger partial charge in [-0.2, -0.15) is 0 Å². The summed E-state index contributed by atoms with van der Waals surface area (Å²) in [4.78, 5) is 15.7. The molecule has 0 bridgehead atoms. The minimum absolute atomic E-state index is 0.477. The quantitative estimate of drug-likeness (QED) is 0.194. The highest BCUT2D eigenvalue weighted by Gasteiger charge is 2.25. The van der Waals surface area contributed by atoms with Crippen molar-refractivity contribution >= 4 is 105 Å². The molecule has 8 aromatic carbocycles. The van der Waals surface area contributed by atoms with E-state index >= 15 is 0 Å². The summed E-state index contributed by atoms with van der Waals surface area (Å²) in [5.41, 5.74) is 11.3. The van der Waals surface area contributed by atoms with Gasteiger partial charge in [0.2, 0.25) is 0 Å². The number of nitrogens with one attached hydrogen (secondary N) is 1. The molecule has 1 aliphatic heterocycles. The first-order chi connectivity index (χ1) is 30.8. The molecule has 0 aliphatic carbocycles. The molecule has 6 heterocycles. The van der Waals surface area contributed by atoms with Crippen LogP contribution >= 0.6 is 0 Å². The van der Waals surface area contributed by atoms with Crippen molar-refractivity contribution < 1.29 is 0 Å². The van der Waals surface area contributed by atoms with E-state index in [9.17, 15) is 0 Å². The fraction of sp³-hybridized carbons (Fsp3) is 0.0185. The molecule has 0 saturated carbocycles. The minimum atomic E-state index is 0.477. The summed E-state index contributed by atoms with van der Waals surface area (Å²) >= 11 is 0. The van der Waals surface area contributed by atoms with Gasteiger partial charge in [-0.1, -0.05) is 115 Å². The van der Waals surface area contributed by atoms with E-state index in [0.29, 0.717) is 18.2 Å². The molecule has 1 N–H and O–H groups in total. The van der Waals surface area contributed by atoms with Crippen LogP contribution in [0.2, 0.25) is 0 Å². The van der Waals surface area contributed by atoms with Crippen molar-refractivity contribution in [1.29, 1.82) is 0 Å². The zero-order valence-electron chi connectivity index (χ0n) is 33.2. The van der Waals surface area contributed by atoms with Crippen molar-refractivity contribution in [3.05, 3.63) is 188 Å². The molecule has 8 nitrogen and oxygen atoms in total. The first-order valence-electron chi connectivity index (χ1n) is 21.0. The molecular weight excluding hydrogens is 761 g/mol. The lowest BCUT2D eigenvalue weighted by atomic mass is 10.1. The summed E-state index contributed by atoms with van der Waals surface area (Å²) in [6, 6.07) is 65.1. The molecule has 0 amide bonds. The van der Waals surface area contributed by atoms with Gasteiger partial charge in [-0.05, 0) is 66.7 Å². The van der Waals surface area contributed by atoms with Crippen LogP contribution in [-0.4, -0.2) is 40.6 Å². The van der Waals surface area contributed by atoms with Gasteiger partial charge in [0.05, 0.1) is 56.9 Å². The highest BCUT2D eigenvalue weighted by Crippen LogP contribution is 2.43. The topological polar surface area (TPSA) is 69.9 Å². The van der Waals surface area contributed by atoms with E-state index in [-0.39, 0.29) is 0 Å². The van der Waals surface area contributed by atoms with Gasteiger partial charge >= 0.3 is 0 Å². The summed E-state index contributed by atoms with van der Waals surface area (Å²) in [7, 11) is 0. The Morgan fingerprint density at radius 1 is 0.403 bits per heavy atom. The normalized spacial score (nSPS) is 13.0. The van der Waals surface area contributed by atoms with Gasteiger partial charge in [-0.25, -0.2) is 15.0 Å². The molecule has 0 atom stereocenters. The number of hydrogen-bond donors (Lipinski definition) is 1. The van der Waals surface area contributed by atoms with Gasteiger partial charge in [0.15, 0.2) is 17.5 Å². The van der Waals surface area contributed by atoms with E-state index in [1.54, 1.807) is 0 Å². The molecule has 8 heteroatoms. The van der Waals surface area contributed by atoms with Crippen molar-refractivity contribution in [3.8, 4) is 17.2 Å². The highest BCUT2D eigenvalue weighted by molar-refractivity contribution is 6.26. The SMILES string of the molecule is c1ccc(-n2c3ccccc3c3cc4c(cc32)c2ccccc2n4C2=Nc3ncc(-n4c5ccccc5c5ccc6c(c7ccccc7n6-c6ccccc6)c54)nc3NC2)cc1. The fourth-order valence-corrected chi connectivity index (χ4v) is 10.3. The number of benzene rings is 8. The van der Waals surface area contributed by atoms with Gasteiger partial charge in [0, 0.05) is 54.5 Å². The van der Waals surface area contributed by atoms with Crippen molar-refractivity contribution in [2.75, 3.05) is 11.9 Å². The van der Waals surface area contributed by atoms with Crippen molar-refractivity contribution in [2.24, 2.45) is 4.99 Å². The minimum Gasteiger partial charge on any atom is -0.360 e. The van der Waals surface area contributed by atoms with E-state index < -0.39 is 0 Å². The summed E-state index contributed by atoms with van der Waals surface area (Å²) in [6.07, 6.45) is 1.88. The number of aromatic nitrogens is 6. The molecule has 14 rings (SSSR count). The van der Waals surface area contributed by atoms with Crippen molar-refractivity contribution in [2.45, 2.75) is 0 Å². The van der Waals surface area contributed by atoms with Crippen LogP contribution in [0.4, 0.5) is 11.6 Å². The first kappa shape index (κ1) is 33.4. The zero-order valence-corrected chi connectivity index (χ0v) is 33.2. The maximum Gasteiger partial charge on any atom is 0.197 e. The third-order valence-electron chi connectivity index (χ3n) is 12.8. The Hall–Kier alpha value is -8.49. The van der Waals surface area contributed by atoms with Crippen LogP contribution in [0.15, 0.2) is 193 Å². The second kappa shape index (κ2) is 12.5. The standard InChI is InChI=1S/C54H34N8/c1-3-15-33(16-4-1)59-45-26-14-10-22-39(45)51-46(59)28-27-38-35-19-7-13-25-44(35)62(52(38)51)50-32-56-53-54(58-50)55-31-49(57-53)61-43-24-12-9-21-37(43)41-29-47-40(30-48(41)61)36-20-8-11-23-42(36)60(47)34-17-5-2-6-18-34/h1-30,32H,31H2,(H,55,58). The van der Waals surface area contributed by atoms with Crippen LogP contribution in [0.3, 0.4) is 0 Å². The van der Waals surface area contributed by atoms with Crippen LogP contribution in [-0.2, 0) is 0 Å². The van der Waals surface area contributed by atoms with E-state index in [1.807, 2.05) is 6.20 Å². The Balaban J connectivity index is 0.970. The molecular formula is C54H34N8. The Labute approximate surface area is 353 Å². The number of nitrogens with zero attached hydrogens (tertiary/aromatic N) is 7. The third-order valence-corrected chi connectivity index (χ3v) is 12.8. The Morgan fingerprint density at radius 3 is 1.55 bits per heavy atom. The first-order valence-corrected chi connectivity index (χ1v) is 21.0. The van der Waals surface area contributed by atoms with Crippen LogP contribution in [0.25, 0.3) is 104 Å². The fourth-order valence-electron chi connectivity index (χ4n) is 10.3. The number of rotatable bonds is 3. The molecule has 0 spiro atoms. The summed E-state index contributed by atoms with van der Waals surface area (Å²) in [5.74, 6) is 2.82. The number of para-hydroxylation sites is 6. The van der Waals surface area contributed by atoms with Crippen LogP contribution in [0.1, 0.15) is 0 Å². The second-order valence-electron chi connectivity index (χ2n) is 16.1. The van der Waals surface area contributed by atoms with Gasteiger partial charge < -0.3 is 14.5 Å². The maximum absolute atomic E-state index is 5.32. The smallest absolute Gasteiger partial charge is 0.197 e. The van der Waals surface area contributed by atoms with Gasteiger partial charge in [-0.3, -0.25) is 9.13 Å². The lowest BCUT2D eigenvalue weighted by Crippen LogP contribution is -2.25. The third kappa shape index (κ3) is 4.52. The average molecular weight is 795 g/mol. The Bertz CT molecular complexity index is 4030. The summed E-state index contributed by atoms with van der Waals surface area (Å²) < 4.78 is 9.33. The molecule has 290 valence electrons. The van der Waals surface area contributed by atoms with E-state index in [0.717, 1.165) is 56.1 Å². The maximum atomic E-state index is 5.32. The highest BCUT2D eigenvalue weighted by atomic mass is 15.2. The molecule has 62 heavy (non-hydrogen) atoms. The van der Waals surface area contributed by atoms with Crippen molar-refractivity contribution in [1.82, 2.24) is 28.2 Å². The predicted molar refractivity (Wildman–Crippen MR) is 255 cm³/mol. The molecule has 5 aromatic heterocycles. The molecule has 0 unspecified atom stereocenters.